The zero-order chi connectivity index (χ0) is 15.8. The van der Waals surface area contributed by atoms with Gasteiger partial charge in [0.25, 0.3) is 0 Å². The van der Waals surface area contributed by atoms with E-state index in [0.29, 0.717) is 11.5 Å². The quantitative estimate of drug-likeness (QED) is 0.494. The van der Waals surface area contributed by atoms with Crippen LogP contribution in [0.3, 0.4) is 0 Å². The van der Waals surface area contributed by atoms with E-state index in [2.05, 4.69) is 10.5 Å². The Hall–Kier alpha value is -2.89. The van der Waals surface area contributed by atoms with Crippen LogP contribution >= 0.6 is 0 Å². The third kappa shape index (κ3) is 4.31. The topological polar surface area (TPSA) is 63.8 Å². The molecule has 22 heavy (non-hydrogen) atoms. The summed E-state index contributed by atoms with van der Waals surface area (Å²) in [6.07, 6.45) is 5.19. The standard InChI is InChI=1S/C16H17N3O3/c1-21-14-7-6-13(10-15(14)22-2)11-17-18-16(20)12-19-8-4-3-5-9-19/h3-11H,12H2,1-2H3/p+1/b17-11+. The molecule has 0 aliphatic carbocycles. The summed E-state index contributed by atoms with van der Waals surface area (Å²) in [5.74, 6) is 1.05. The number of rotatable bonds is 6. The Balaban J connectivity index is 1.93. The number of hydrogen-bond donors (Lipinski definition) is 1. The molecule has 0 radical (unpaired) electrons. The number of hydrazone groups is 1. The van der Waals surface area contributed by atoms with Gasteiger partial charge in [0.1, 0.15) is 0 Å². The second kappa shape index (κ2) is 7.78. The Bertz CT molecular complexity index is 657. The zero-order valence-corrected chi connectivity index (χ0v) is 12.5. The maximum atomic E-state index is 11.7. The number of hydrogen-bond acceptors (Lipinski definition) is 4. The van der Waals surface area contributed by atoms with Gasteiger partial charge in [0.2, 0.25) is 6.54 Å². The van der Waals surface area contributed by atoms with E-state index in [1.807, 2.05) is 36.7 Å². The van der Waals surface area contributed by atoms with Crippen molar-refractivity contribution in [2.24, 2.45) is 5.10 Å². The van der Waals surface area contributed by atoms with E-state index in [9.17, 15) is 4.79 Å². The lowest BCUT2D eigenvalue weighted by Crippen LogP contribution is -2.40. The van der Waals surface area contributed by atoms with Crippen molar-refractivity contribution in [1.29, 1.82) is 0 Å². The molecule has 0 atom stereocenters. The number of carbonyl (C=O) groups excluding carboxylic acids is 1. The first-order valence-electron chi connectivity index (χ1n) is 6.71. The summed E-state index contributed by atoms with van der Waals surface area (Å²) in [5, 5.41) is 3.93. The summed E-state index contributed by atoms with van der Waals surface area (Å²) in [7, 11) is 3.14. The fourth-order valence-corrected chi connectivity index (χ4v) is 1.85. The number of amides is 1. The highest BCUT2D eigenvalue weighted by Crippen LogP contribution is 2.26. The van der Waals surface area contributed by atoms with Gasteiger partial charge in [-0.2, -0.15) is 9.67 Å². The van der Waals surface area contributed by atoms with Crippen LogP contribution in [0, 0.1) is 0 Å². The molecule has 0 bridgehead atoms. The molecule has 0 fully saturated rings. The minimum absolute atomic E-state index is 0.201. The lowest BCUT2D eigenvalue weighted by atomic mass is 10.2. The van der Waals surface area contributed by atoms with Gasteiger partial charge in [-0.25, -0.2) is 5.43 Å². The Morgan fingerprint density at radius 2 is 1.91 bits per heavy atom. The lowest BCUT2D eigenvalue weighted by molar-refractivity contribution is -0.684. The first-order chi connectivity index (χ1) is 10.7. The van der Waals surface area contributed by atoms with Crippen molar-refractivity contribution in [2.75, 3.05) is 14.2 Å². The number of benzene rings is 1. The largest absolute Gasteiger partial charge is 0.493 e. The second-order valence-corrected chi connectivity index (χ2v) is 4.46. The lowest BCUT2D eigenvalue weighted by Gasteiger charge is -2.07. The molecule has 1 aromatic carbocycles. The molecule has 0 aliphatic rings. The average molecular weight is 300 g/mol. The Kier molecular flexibility index (Phi) is 5.48. The number of nitrogens with zero attached hydrogens (tertiary/aromatic N) is 2. The van der Waals surface area contributed by atoms with E-state index >= 15 is 0 Å². The van der Waals surface area contributed by atoms with Gasteiger partial charge >= 0.3 is 5.91 Å². The van der Waals surface area contributed by atoms with Gasteiger partial charge in [-0.1, -0.05) is 6.07 Å². The number of carbonyl (C=O) groups is 1. The van der Waals surface area contributed by atoms with Crippen molar-refractivity contribution in [3.63, 3.8) is 0 Å². The normalized spacial score (nSPS) is 10.5. The van der Waals surface area contributed by atoms with Crippen molar-refractivity contribution >= 4 is 12.1 Å². The first-order valence-corrected chi connectivity index (χ1v) is 6.71. The minimum atomic E-state index is -0.201. The molecule has 6 heteroatoms. The summed E-state index contributed by atoms with van der Waals surface area (Å²) in [6.45, 7) is 0.212. The van der Waals surface area contributed by atoms with E-state index in [4.69, 9.17) is 9.47 Å². The van der Waals surface area contributed by atoms with Gasteiger partial charge in [-0.3, -0.25) is 4.79 Å². The van der Waals surface area contributed by atoms with E-state index in [0.717, 1.165) is 5.56 Å². The highest BCUT2D eigenvalue weighted by atomic mass is 16.5. The minimum Gasteiger partial charge on any atom is -0.493 e. The number of aromatic nitrogens is 1. The number of methoxy groups -OCH3 is 2. The molecule has 2 aromatic rings. The SMILES string of the molecule is COc1ccc(/C=N/NC(=O)C[n+]2ccccc2)cc1OC. The number of nitrogens with one attached hydrogen (secondary N) is 1. The third-order valence-corrected chi connectivity index (χ3v) is 2.91. The molecule has 0 saturated carbocycles. The van der Waals surface area contributed by atoms with Crippen LogP contribution in [0.2, 0.25) is 0 Å². The van der Waals surface area contributed by atoms with Crippen LogP contribution in [-0.4, -0.2) is 26.3 Å². The van der Waals surface area contributed by atoms with Crippen LogP contribution in [-0.2, 0) is 11.3 Å². The van der Waals surface area contributed by atoms with Gasteiger partial charge in [0.05, 0.1) is 20.4 Å². The zero-order valence-electron chi connectivity index (χ0n) is 12.5. The first kappa shape index (κ1) is 15.5. The Morgan fingerprint density at radius 1 is 1.18 bits per heavy atom. The summed E-state index contributed by atoms with van der Waals surface area (Å²) in [4.78, 5) is 11.7. The van der Waals surface area contributed by atoms with E-state index < -0.39 is 0 Å². The van der Waals surface area contributed by atoms with E-state index in [1.165, 1.54) is 0 Å². The average Bonchev–Trinajstić information content (AvgIpc) is 2.55. The number of ether oxygens (including phenoxy) is 2. The van der Waals surface area contributed by atoms with Crippen molar-refractivity contribution in [1.82, 2.24) is 5.43 Å². The molecule has 0 saturated heterocycles. The number of pyridine rings is 1. The van der Waals surface area contributed by atoms with Gasteiger partial charge in [-0.15, -0.1) is 0 Å². The van der Waals surface area contributed by atoms with Gasteiger partial charge < -0.3 is 9.47 Å². The van der Waals surface area contributed by atoms with Crippen molar-refractivity contribution in [3.05, 3.63) is 54.4 Å². The Morgan fingerprint density at radius 3 is 2.59 bits per heavy atom. The van der Waals surface area contributed by atoms with E-state index in [1.54, 1.807) is 37.1 Å². The summed E-state index contributed by atoms with van der Waals surface area (Å²) < 4.78 is 12.1. The molecule has 1 amide bonds. The maximum absolute atomic E-state index is 11.7. The monoisotopic (exact) mass is 300 g/mol. The van der Waals surface area contributed by atoms with Crippen molar-refractivity contribution in [3.8, 4) is 11.5 Å². The smallest absolute Gasteiger partial charge is 0.305 e. The molecule has 1 heterocycles. The summed E-state index contributed by atoms with van der Waals surface area (Å²) in [5.41, 5.74) is 3.28. The molecule has 6 nitrogen and oxygen atoms in total. The molecular weight excluding hydrogens is 282 g/mol. The predicted molar refractivity (Wildman–Crippen MR) is 81.9 cm³/mol. The van der Waals surface area contributed by atoms with Crippen LogP contribution in [0.4, 0.5) is 0 Å². The second-order valence-electron chi connectivity index (χ2n) is 4.46. The summed E-state index contributed by atoms with van der Waals surface area (Å²) >= 11 is 0. The maximum Gasteiger partial charge on any atom is 0.305 e. The molecule has 0 aliphatic heterocycles. The molecule has 1 aromatic heterocycles. The van der Waals surface area contributed by atoms with Gasteiger partial charge in [0.15, 0.2) is 23.9 Å². The molecule has 0 spiro atoms. The Labute approximate surface area is 129 Å². The third-order valence-electron chi connectivity index (χ3n) is 2.91. The summed E-state index contributed by atoms with van der Waals surface area (Å²) in [6, 6.07) is 11.0. The molecule has 114 valence electrons. The van der Waals surface area contributed by atoms with Crippen LogP contribution in [0.25, 0.3) is 0 Å². The van der Waals surface area contributed by atoms with Crippen molar-refractivity contribution < 1.29 is 18.8 Å². The fourth-order valence-electron chi connectivity index (χ4n) is 1.85. The van der Waals surface area contributed by atoms with Crippen LogP contribution in [0.1, 0.15) is 5.56 Å². The molecule has 0 unspecified atom stereocenters. The molecular formula is C16H18N3O3+. The highest BCUT2D eigenvalue weighted by Gasteiger charge is 2.07. The highest BCUT2D eigenvalue weighted by molar-refractivity contribution is 5.82. The van der Waals surface area contributed by atoms with Crippen LogP contribution in [0.15, 0.2) is 53.9 Å². The van der Waals surface area contributed by atoms with Crippen LogP contribution < -0.4 is 19.5 Å². The van der Waals surface area contributed by atoms with Crippen LogP contribution in [0.5, 0.6) is 11.5 Å². The molecule has 1 N–H and O–H groups in total. The van der Waals surface area contributed by atoms with Gasteiger partial charge in [0, 0.05) is 12.1 Å². The predicted octanol–water partition coefficient (Wildman–Crippen LogP) is 1.14. The van der Waals surface area contributed by atoms with Crippen molar-refractivity contribution in [2.45, 2.75) is 6.54 Å². The molecule has 2 rings (SSSR count). The van der Waals surface area contributed by atoms with Gasteiger partial charge in [-0.05, 0) is 23.8 Å². The van der Waals surface area contributed by atoms with E-state index in [-0.39, 0.29) is 12.5 Å². The fraction of sp³-hybridized carbons (Fsp3) is 0.188.